The SMILES string of the molecule is Cc1cccc(C(=O)Nc2ccccc2-c2nnn(CC(N)=O)n2)c1. The van der Waals surface area contributed by atoms with E-state index in [1.54, 1.807) is 36.4 Å². The van der Waals surface area contributed by atoms with Gasteiger partial charge < -0.3 is 11.1 Å². The Balaban J connectivity index is 1.87. The summed E-state index contributed by atoms with van der Waals surface area (Å²) in [6, 6.07) is 14.4. The summed E-state index contributed by atoms with van der Waals surface area (Å²) in [6.07, 6.45) is 0. The number of aryl methyl sites for hydroxylation is 1. The molecule has 0 aliphatic rings. The van der Waals surface area contributed by atoms with Crippen LogP contribution in [0.4, 0.5) is 5.69 Å². The summed E-state index contributed by atoms with van der Waals surface area (Å²) in [4.78, 5) is 24.5. The molecule has 3 N–H and O–H groups in total. The largest absolute Gasteiger partial charge is 0.368 e. The number of hydrogen-bond donors (Lipinski definition) is 2. The highest BCUT2D eigenvalue weighted by Crippen LogP contribution is 2.24. The smallest absolute Gasteiger partial charge is 0.255 e. The summed E-state index contributed by atoms with van der Waals surface area (Å²) in [7, 11) is 0. The van der Waals surface area contributed by atoms with E-state index in [4.69, 9.17) is 5.73 Å². The van der Waals surface area contributed by atoms with Crippen molar-refractivity contribution in [1.82, 2.24) is 20.2 Å². The quantitative estimate of drug-likeness (QED) is 0.730. The first-order valence-electron chi connectivity index (χ1n) is 7.56. The van der Waals surface area contributed by atoms with E-state index in [-0.39, 0.29) is 12.5 Å². The summed E-state index contributed by atoms with van der Waals surface area (Å²) in [5.74, 6) is -0.507. The van der Waals surface area contributed by atoms with Crippen LogP contribution in [0.15, 0.2) is 48.5 Å². The lowest BCUT2D eigenvalue weighted by Gasteiger charge is -2.09. The van der Waals surface area contributed by atoms with Crippen LogP contribution in [0.3, 0.4) is 0 Å². The van der Waals surface area contributed by atoms with E-state index in [0.717, 1.165) is 10.4 Å². The topological polar surface area (TPSA) is 116 Å². The molecule has 8 heteroatoms. The molecule has 1 aromatic heterocycles. The number of benzene rings is 2. The third-order valence-corrected chi connectivity index (χ3v) is 3.45. The molecule has 0 aliphatic heterocycles. The Labute approximate surface area is 143 Å². The van der Waals surface area contributed by atoms with E-state index in [1.807, 2.05) is 19.1 Å². The van der Waals surface area contributed by atoms with Crippen molar-refractivity contribution in [2.45, 2.75) is 13.5 Å². The molecule has 0 fully saturated rings. The number of rotatable bonds is 5. The van der Waals surface area contributed by atoms with Gasteiger partial charge in [0.25, 0.3) is 5.91 Å². The molecule has 25 heavy (non-hydrogen) atoms. The lowest BCUT2D eigenvalue weighted by molar-refractivity contribution is -0.118. The fraction of sp³-hybridized carbons (Fsp3) is 0.118. The van der Waals surface area contributed by atoms with Crippen molar-refractivity contribution >= 4 is 17.5 Å². The van der Waals surface area contributed by atoms with Gasteiger partial charge in [-0.15, -0.1) is 10.2 Å². The Morgan fingerprint density at radius 2 is 1.96 bits per heavy atom. The van der Waals surface area contributed by atoms with Gasteiger partial charge in [0.05, 0.1) is 5.69 Å². The molecule has 0 aliphatic carbocycles. The van der Waals surface area contributed by atoms with E-state index < -0.39 is 5.91 Å². The molecule has 0 saturated heterocycles. The monoisotopic (exact) mass is 336 g/mol. The summed E-state index contributed by atoms with van der Waals surface area (Å²) in [6.45, 7) is 1.76. The molecule has 0 spiro atoms. The molecule has 0 atom stereocenters. The van der Waals surface area contributed by atoms with Gasteiger partial charge in [-0.1, -0.05) is 29.8 Å². The first-order valence-corrected chi connectivity index (χ1v) is 7.56. The molecule has 0 saturated carbocycles. The van der Waals surface area contributed by atoms with E-state index >= 15 is 0 Å². The average molecular weight is 336 g/mol. The third kappa shape index (κ3) is 3.86. The number of para-hydroxylation sites is 1. The van der Waals surface area contributed by atoms with Gasteiger partial charge in [0, 0.05) is 11.1 Å². The summed E-state index contributed by atoms with van der Waals surface area (Å²) in [5, 5.41) is 14.7. The Morgan fingerprint density at radius 3 is 2.72 bits per heavy atom. The highest BCUT2D eigenvalue weighted by Gasteiger charge is 2.14. The average Bonchev–Trinajstić information content (AvgIpc) is 3.03. The van der Waals surface area contributed by atoms with Gasteiger partial charge in [0.15, 0.2) is 0 Å². The fourth-order valence-corrected chi connectivity index (χ4v) is 2.33. The number of hydrogen-bond acceptors (Lipinski definition) is 5. The minimum absolute atomic E-state index is 0.162. The van der Waals surface area contributed by atoms with Crippen molar-refractivity contribution in [3.05, 3.63) is 59.7 Å². The number of primary amides is 1. The zero-order valence-corrected chi connectivity index (χ0v) is 13.5. The Morgan fingerprint density at radius 1 is 1.16 bits per heavy atom. The molecule has 0 unspecified atom stereocenters. The molecule has 3 rings (SSSR count). The summed E-state index contributed by atoms with van der Waals surface area (Å²) >= 11 is 0. The second-order valence-corrected chi connectivity index (χ2v) is 5.48. The molecular formula is C17H16N6O2. The molecule has 0 radical (unpaired) electrons. The number of amides is 2. The second-order valence-electron chi connectivity index (χ2n) is 5.48. The van der Waals surface area contributed by atoms with Gasteiger partial charge in [-0.05, 0) is 36.4 Å². The van der Waals surface area contributed by atoms with Crippen molar-refractivity contribution in [2.75, 3.05) is 5.32 Å². The van der Waals surface area contributed by atoms with Gasteiger partial charge in [-0.3, -0.25) is 9.59 Å². The number of nitrogens with one attached hydrogen (secondary N) is 1. The van der Waals surface area contributed by atoms with Crippen LogP contribution in [0.2, 0.25) is 0 Å². The Hall–Kier alpha value is -3.55. The minimum Gasteiger partial charge on any atom is -0.368 e. The number of nitrogens with two attached hydrogens (primary N) is 1. The number of carbonyl (C=O) groups excluding carboxylic acids is 2. The van der Waals surface area contributed by atoms with Crippen LogP contribution < -0.4 is 11.1 Å². The van der Waals surface area contributed by atoms with E-state index in [1.165, 1.54) is 0 Å². The predicted octanol–water partition coefficient (Wildman–Crippen LogP) is 1.39. The first-order chi connectivity index (χ1) is 12.0. The molecule has 2 aromatic carbocycles. The van der Waals surface area contributed by atoms with Crippen molar-refractivity contribution in [3.63, 3.8) is 0 Å². The minimum atomic E-state index is -0.565. The molecule has 1 heterocycles. The zero-order chi connectivity index (χ0) is 17.8. The maximum atomic E-state index is 12.5. The zero-order valence-electron chi connectivity index (χ0n) is 13.5. The van der Waals surface area contributed by atoms with Crippen LogP contribution in [0.5, 0.6) is 0 Å². The van der Waals surface area contributed by atoms with Crippen molar-refractivity contribution in [3.8, 4) is 11.4 Å². The van der Waals surface area contributed by atoms with Gasteiger partial charge >= 0.3 is 0 Å². The molecule has 126 valence electrons. The highest BCUT2D eigenvalue weighted by atomic mass is 16.2. The predicted molar refractivity (Wildman–Crippen MR) is 91.6 cm³/mol. The van der Waals surface area contributed by atoms with Gasteiger partial charge in [0.1, 0.15) is 6.54 Å². The van der Waals surface area contributed by atoms with Gasteiger partial charge in [-0.25, -0.2) is 0 Å². The summed E-state index contributed by atoms with van der Waals surface area (Å²) < 4.78 is 0. The number of tetrazole rings is 1. The van der Waals surface area contributed by atoms with E-state index in [9.17, 15) is 9.59 Å². The lowest BCUT2D eigenvalue weighted by atomic mass is 10.1. The van der Waals surface area contributed by atoms with Crippen LogP contribution in [-0.4, -0.2) is 32.0 Å². The van der Waals surface area contributed by atoms with Gasteiger partial charge in [0.2, 0.25) is 11.7 Å². The number of aromatic nitrogens is 4. The van der Waals surface area contributed by atoms with Crippen LogP contribution >= 0.6 is 0 Å². The van der Waals surface area contributed by atoms with Crippen molar-refractivity contribution < 1.29 is 9.59 Å². The maximum Gasteiger partial charge on any atom is 0.255 e. The van der Waals surface area contributed by atoms with Crippen molar-refractivity contribution in [1.29, 1.82) is 0 Å². The van der Waals surface area contributed by atoms with Gasteiger partial charge in [-0.2, -0.15) is 4.80 Å². The third-order valence-electron chi connectivity index (χ3n) is 3.45. The van der Waals surface area contributed by atoms with Crippen LogP contribution in [0.1, 0.15) is 15.9 Å². The Kier molecular flexibility index (Phi) is 4.51. The van der Waals surface area contributed by atoms with Crippen LogP contribution in [0.25, 0.3) is 11.4 Å². The molecule has 2 amide bonds. The number of carbonyl (C=O) groups is 2. The first kappa shape index (κ1) is 16.3. The number of anilines is 1. The van der Waals surface area contributed by atoms with Crippen LogP contribution in [-0.2, 0) is 11.3 Å². The second kappa shape index (κ2) is 6.91. The Bertz CT molecular complexity index is 934. The van der Waals surface area contributed by atoms with E-state index in [2.05, 4.69) is 20.7 Å². The van der Waals surface area contributed by atoms with Crippen LogP contribution in [0, 0.1) is 6.92 Å². The molecule has 8 nitrogen and oxygen atoms in total. The molecule has 0 bridgehead atoms. The summed E-state index contributed by atoms with van der Waals surface area (Å²) in [5.41, 5.74) is 7.82. The molecular weight excluding hydrogens is 320 g/mol. The van der Waals surface area contributed by atoms with E-state index in [0.29, 0.717) is 22.6 Å². The molecule has 3 aromatic rings. The fourth-order valence-electron chi connectivity index (χ4n) is 2.33. The lowest BCUT2D eigenvalue weighted by Crippen LogP contribution is -2.20. The normalized spacial score (nSPS) is 10.4. The standard InChI is InChI=1S/C17H16N6O2/c1-11-5-4-6-12(9-11)17(25)19-14-8-3-2-7-13(14)16-20-22-23(21-16)10-15(18)24/h2-9H,10H2,1H3,(H2,18,24)(H,19,25). The number of nitrogens with zero attached hydrogens (tertiary/aromatic N) is 4. The maximum absolute atomic E-state index is 12.5. The highest BCUT2D eigenvalue weighted by molar-refractivity contribution is 6.06. The van der Waals surface area contributed by atoms with Crippen molar-refractivity contribution in [2.24, 2.45) is 5.73 Å².